The number of nitro benzene ring substituents is 1. The molecule has 8 nitrogen and oxygen atoms in total. The van der Waals surface area contributed by atoms with Crippen LogP contribution in [0.3, 0.4) is 0 Å². The van der Waals surface area contributed by atoms with E-state index in [9.17, 15) is 14.9 Å². The third-order valence-electron chi connectivity index (χ3n) is 4.23. The van der Waals surface area contributed by atoms with Gasteiger partial charge in [0.1, 0.15) is 18.1 Å². The molecule has 0 bridgehead atoms. The number of rotatable bonds is 9. The lowest BCUT2D eigenvalue weighted by molar-refractivity contribution is -0.385. The highest BCUT2D eigenvalue weighted by Crippen LogP contribution is 2.30. The molecule has 3 aromatic rings. The fraction of sp³-hybridized carbons (Fsp3) is 0.190. The van der Waals surface area contributed by atoms with Gasteiger partial charge in [-0.1, -0.05) is 23.7 Å². The van der Waals surface area contributed by atoms with Crippen molar-refractivity contribution in [2.75, 3.05) is 13.7 Å². The fourth-order valence-corrected chi connectivity index (χ4v) is 2.85. The Bertz CT molecular complexity index is 1030. The Labute approximate surface area is 177 Å². The number of nitrogens with one attached hydrogen (secondary N) is 1. The van der Waals surface area contributed by atoms with E-state index in [1.807, 2.05) is 24.3 Å². The van der Waals surface area contributed by atoms with Gasteiger partial charge in [-0.05, 0) is 48.4 Å². The summed E-state index contributed by atoms with van der Waals surface area (Å²) in [5.74, 6) is 0.976. The first kappa shape index (κ1) is 21.2. The minimum Gasteiger partial charge on any atom is -0.497 e. The van der Waals surface area contributed by atoms with Crippen LogP contribution < -0.4 is 14.8 Å². The molecular weight excluding hydrogens is 412 g/mol. The summed E-state index contributed by atoms with van der Waals surface area (Å²) in [6.07, 6.45) is 0.659. The average molecular weight is 431 g/mol. The molecule has 1 aromatic heterocycles. The molecule has 1 heterocycles. The van der Waals surface area contributed by atoms with Crippen molar-refractivity contribution >= 4 is 23.2 Å². The fourth-order valence-electron chi connectivity index (χ4n) is 2.68. The van der Waals surface area contributed by atoms with Gasteiger partial charge >= 0.3 is 5.69 Å². The number of halogens is 1. The molecule has 0 atom stereocenters. The number of methoxy groups -OCH3 is 1. The number of carbonyl (C=O) groups excluding carboxylic acids is 1. The summed E-state index contributed by atoms with van der Waals surface area (Å²) in [5.41, 5.74) is 0.819. The zero-order valence-electron chi connectivity index (χ0n) is 16.1. The van der Waals surface area contributed by atoms with Crippen molar-refractivity contribution in [1.82, 2.24) is 5.32 Å². The summed E-state index contributed by atoms with van der Waals surface area (Å²) >= 11 is 5.78. The van der Waals surface area contributed by atoms with Gasteiger partial charge in [-0.2, -0.15) is 0 Å². The van der Waals surface area contributed by atoms with Crippen molar-refractivity contribution in [3.8, 4) is 11.5 Å². The van der Waals surface area contributed by atoms with Crippen LogP contribution >= 0.6 is 11.6 Å². The number of benzene rings is 2. The van der Waals surface area contributed by atoms with Crippen LogP contribution in [-0.2, 0) is 13.0 Å². The molecule has 0 aliphatic carbocycles. The van der Waals surface area contributed by atoms with Crippen LogP contribution in [0.1, 0.15) is 21.9 Å². The molecule has 0 radical (unpaired) electrons. The van der Waals surface area contributed by atoms with Crippen LogP contribution in [0.4, 0.5) is 5.69 Å². The average Bonchev–Trinajstić information content (AvgIpc) is 3.22. The van der Waals surface area contributed by atoms with Crippen molar-refractivity contribution in [3.05, 3.63) is 86.8 Å². The Hall–Kier alpha value is -3.52. The number of carbonyl (C=O) groups is 1. The minimum atomic E-state index is -0.578. The van der Waals surface area contributed by atoms with Gasteiger partial charge in [0.15, 0.2) is 11.5 Å². The number of hydrogen-bond donors (Lipinski definition) is 1. The predicted molar refractivity (Wildman–Crippen MR) is 110 cm³/mol. The third-order valence-corrected chi connectivity index (χ3v) is 4.47. The van der Waals surface area contributed by atoms with E-state index in [4.69, 9.17) is 25.5 Å². The van der Waals surface area contributed by atoms with E-state index in [1.165, 1.54) is 24.3 Å². The van der Waals surface area contributed by atoms with E-state index in [0.29, 0.717) is 18.7 Å². The summed E-state index contributed by atoms with van der Waals surface area (Å²) in [6.45, 7) is 0.371. The minimum absolute atomic E-state index is 0.0614. The van der Waals surface area contributed by atoms with Gasteiger partial charge in [0.2, 0.25) is 0 Å². The lowest BCUT2D eigenvalue weighted by atomic mass is 10.1. The second kappa shape index (κ2) is 9.80. The Kier molecular flexibility index (Phi) is 6.92. The Morgan fingerprint density at radius 2 is 1.93 bits per heavy atom. The summed E-state index contributed by atoms with van der Waals surface area (Å²) in [5, 5.41) is 14.1. The first-order valence-corrected chi connectivity index (χ1v) is 9.40. The second-order valence-electron chi connectivity index (χ2n) is 6.28. The van der Waals surface area contributed by atoms with Crippen LogP contribution in [0.25, 0.3) is 0 Å². The Morgan fingerprint density at radius 3 is 2.63 bits per heavy atom. The van der Waals surface area contributed by atoms with Crippen molar-refractivity contribution in [2.45, 2.75) is 13.0 Å². The maximum absolute atomic E-state index is 12.2. The molecule has 0 unspecified atom stereocenters. The van der Waals surface area contributed by atoms with Gasteiger partial charge in [-0.15, -0.1) is 0 Å². The van der Waals surface area contributed by atoms with E-state index in [0.717, 1.165) is 11.3 Å². The largest absolute Gasteiger partial charge is 0.497 e. The molecule has 156 valence electrons. The molecule has 0 spiro atoms. The number of nitrogens with zero attached hydrogens (tertiary/aromatic N) is 1. The van der Waals surface area contributed by atoms with Gasteiger partial charge in [-0.25, -0.2) is 0 Å². The summed E-state index contributed by atoms with van der Waals surface area (Å²) < 4.78 is 16.0. The highest BCUT2D eigenvalue weighted by molar-refractivity contribution is 6.30. The van der Waals surface area contributed by atoms with E-state index in [-0.39, 0.29) is 34.7 Å². The lowest BCUT2D eigenvalue weighted by Crippen LogP contribution is -2.25. The quantitative estimate of drug-likeness (QED) is 0.398. The number of nitro groups is 1. The summed E-state index contributed by atoms with van der Waals surface area (Å²) in [7, 11) is 1.61. The van der Waals surface area contributed by atoms with Gasteiger partial charge in [0.05, 0.1) is 12.0 Å². The standard InChI is InChI=1S/C21H19ClN2O6/c1-28-16-5-2-14(3-6-16)10-11-23-21(25)20-9-7-17(30-20)13-29-19-8-4-15(22)12-18(19)24(26)27/h2-9,12H,10-11,13H2,1H3,(H,23,25). The van der Waals surface area contributed by atoms with Crippen molar-refractivity contribution in [1.29, 1.82) is 0 Å². The summed E-state index contributed by atoms with van der Waals surface area (Å²) in [6, 6.07) is 14.8. The molecule has 2 aromatic carbocycles. The highest BCUT2D eigenvalue weighted by atomic mass is 35.5. The topological polar surface area (TPSA) is 104 Å². The van der Waals surface area contributed by atoms with E-state index in [1.54, 1.807) is 13.2 Å². The highest BCUT2D eigenvalue weighted by Gasteiger charge is 2.17. The van der Waals surface area contributed by atoms with E-state index >= 15 is 0 Å². The molecule has 0 aliphatic heterocycles. The molecule has 30 heavy (non-hydrogen) atoms. The van der Waals surface area contributed by atoms with Gasteiger partial charge in [0.25, 0.3) is 5.91 Å². The maximum Gasteiger partial charge on any atom is 0.312 e. The van der Waals surface area contributed by atoms with E-state index < -0.39 is 4.92 Å². The number of furan rings is 1. The lowest BCUT2D eigenvalue weighted by Gasteiger charge is -2.06. The van der Waals surface area contributed by atoms with Gasteiger partial charge in [-0.3, -0.25) is 14.9 Å². The van der Waals surface area contributed by atoms with Gasteiger partial charge in [0, 0.05) is 17.6 Å². The first-order valence-electron chi connectivity index (χ1n) is 9.03. The zero-order valence-corrected chi connectivity index (χ0v) is 16.8. The summed E-state index contributed by atoms with van der Waals surface area (Å²) in [4.78, 5) is 22.8. The monoisotopic (exact) mass is 430 g/mol. The van der Waals surface area contributed by atoms with Crippen LogP contribution in [0.15, 0.2) is 59.0 Å². The maximum atomic E-state index is 12.2. The van der Waals surface area contributed by atoms with Crippen LogP contribution in [0.5, 0.6) is 11.5 Å². The molecule has 0 aliphatic rings. The van der Waals surface area contributed by atoms with Crippen molar-refractivity contribution < 1.29 is 23.6 Å². The van der Waals surface area contributed by atoms with Crippen LogP contribution in [-0.4, -0.2) is 24.5 Å². The Morgan fingerprint density at radius 1 is 1.17 bits per heavy atom. The molecule has 1 N–H and O–H groups in total. The van der Waals surface area contributed by atoms with Gasteiger partial charge < -0.3 is 19.2 Å². The molecule has 0 saturated heterocycles. The first-order chi connectivity index (χ1) is 14.5. The molecule has 1 amide bonds. The zero-order chi connectivity index (χ0) is 21.5. The van der Waals surface area contributed by atoms with Crippen LogP contribution in [0.2, 0.25) is 5.02 Å². The normalized spacial score (nSPS) is 10.5. The molecule has 9 heteroatoms. The van der Waals surface area contributed by atoms with Crippen LogP contribution in [0, 0.1) is 10.1 Å². The molecule has 0 fully saturated rings. The predicted octanol–water partition coefficient (Wildman–Crippen LogP) is 4.40. The Balaban J connectivity index is 1.51. The smallest absolute Gasteiger partial charge is 0.312 e. The third kappa shape index (κ3) is 5.51. The molecular formula is C21H19ClN2O6. The molecule has 0 saturated carbocycles. The molecule has 3 rings (SSSR count). The SMILES string of the molecule is COc1ccc(CCNC(=O)c2ccc(COc3ccc(Cl)cc3[N+](=O)[O-])o2)cc1. The number of hydrogen-bond acceptors (Lipinski definition) is 6. The van der Waals surface area contributed by atoms with Crippen molar-refractivity contribution in [3.63, 3.8) is 0 Å². The van der Waals surface area contributed by atoms with E-state index in [2.05, 4.69) is 5.32 Å². The van der Waals surface area contributed by atoms with Crippen molar-refractivity contribution in [2.24, 2.45) is 0 Å². The number of ether oxygens (including phenoxy) is 2. The second-order valence-corrected chi connectivity index (χ2v) is 6.71. The number of amides is 1.